The summed E-state index contributed by atoms with van der Waals surface area (Å²) in [6, 6.07) is 7.13. The summed E-state index contributed by atoms with van der Waals surface area (Å²) in [6.07, 6.45) is 4.42. The summed E-state index contributed by atoms with van der Waals surface area (Å²) < 4.78 is 6.15. The van der Waals surface area contributed by atoms with Gasteiger partial charge in [-0.1, -0.05) is 26.0 Å². The molecule has 4 rings (SSSR count). The monoisotopic (exact) mass is 397 g/mol. The average molecular weight is 397 g/mol. The molecular weight excluding hydrogens is 370 g/mol. The number of carbonyl (C=O) groups excluding carboxylic acids is 3. The maximum Gasteiger partial charge on any atom is 0.234 e. The van der Waals surface area contributed by atoms with Gasteiger partial charge in [-0.3, -0.25) is 14.4 Å². The van der Waals surface area contributed by atoms with Gasteiger partial charge in [0.2, 0.25) is 17.7 Å². The summed E-state index contributed by atoms with van der Waals surface area (Å²) >= 11 is 0. The van der Waals surface area contributed by atoms with Gasteiger partial charge >= 0.3 is 0 Å². The molecule has 0 saturated carbocycles. The molecule has 0 radical (unpaired) electrons. The van der Waals surface area contributed by atoms with E-state index in [4.69, 9.17) is 4.74 Å². The summed E-state index contributed by atoms with van der Waals surface area (Å²) in [5.41, 5.74) is 0.663. The number of hydrogen-bond donors (Lipinski definition) is 2. The van der Waals surface area contributed by atoms with E-state index >= 15 is 0 Å². The Morgan fingerprint density at radius 2 is 2.00 bits per heavy atom. The predicted molar refractivity (Wildman–Crippen MR) is 109 cm³/mol. The van der Waals surface area contributed by atoms with Crippen molar-refractivity contribution in [2.45, 2.75) is 38.9 Å². The van der Waals surface area contributed by atoms with Crippen molar-refractivity contribution < 1.29 is 19.1 Å². The molecule has 3 aliphatic heterocycles. The van der Waals surface area contributed by atoms with E-state index in [1.807, 2.05) is 12.2 Å². The minimum absolute atomic E-state index is 0.0897. The van der Waals surface area contributed by atoms with Crippen LogP contribution in [-0.4, -0.2) is 42.5 Å². The Hall–Kier alpha value is -2.67. The lowest BCUT2D eigenvalue weighted by atomic mass is 9.77. The molecule has 2 saturated heterocycles. The number of ether oxygens (including phenoxy) is 1. The van der Waals surface area contributed by atoms with Gasteiger partial charge in [-0.15, -0.1) is 0 Å². The number of nitrogens with one attached hydrogen (secondary N) is 2. The molecule has 1 spiro atoms. The van der Waals surface area contributed by atoms with Crippen molar-refractivity contribution in [2.24, 2.45) is 17.8 Å². The Balaban J connectivity index is 1.52. The smallest absolute Gasteiger partial charge is 0.234 e. The summed E-state index contributed by atoms with van der Waals surface area (Å²) in [7, 11) is 0. The van der Waals surface area contributed by atoms with Crippen molar-refractivity contribution >= 4 is 29.1 Å². The van der Waals surface area contributed by atoms with Gasteiger partial charge in [-0.25, -0.2) is 0 Å². The Kier molecular flexibility index (Phi) is 4.94. The lowest BCUT2D eigenvalue weighted by Crippen LogP contribution is -2.44. The minimum Gasteiger partial charge on any atom is -0.360 e. The number of nitrogens with zero attached hydrogens (tertiary/aromatic N) is 1. The van der Waals surface area contributed by atoms with Gasteiger partial charge in [0.1, 0.15) is 5.60 Å². The van der Waals surface area contributed by atoms with Crippen LogP contribution in [-0.2, 0) is 19.1 Å². The Morgan fingerprint density at radius 1 is 1.28 bits per heavy atom. The zero-order valence-corrected chi connectivity index (χ0v) is 17.0. The van der Waals surface area contributed by atoms with Gasteiger partial charge < -0.3 is 20.3 Å². The van der Waals surface area contributed by atoms with Crippen LogP contribution >= 0.6 is 0 Å². The number of carbonyl (C=O) groups is 3. The SMILES string of the molecule is CC(=O)Nc1ccc(N2C[C@]34C=C[C@H](O3)[C@@H](C(=O)NCCC(C)C)[C@H]4C2=O)cc1. The van der Waals surface area contributed by atoms with E-state index in [2.05, 4.69) is 24.5 Å². The molecular formula is C22H27N3O4. The molecule has 2 bridgehead atoms. The minimum atomic E-state index is -0.738. The van der Waals surface area contributed by atoms with Crippen LogP contribution in [0.4, 0.5) is 11.4 Å². The second-order valence-electron chi connectivity index (χ2n) is 8.53. The standard InChI is InChI=1S/C22H27N3O4/c1-13(2)9-11-23-20(27)18-17-8-10-22(29-17)12-25(21(28)19(18)22)16-6-4-15(5-7-16)24-14(3)26/h4-8,10,13,17-19H,9,11-12H2,1-3H3,(H,23,27)(H,24,26)/t17-,18+,19-,22-/m0/s1. The summed E-state index contributed by atoms with van der Waals surface area (Å²) in [5, 5.41) is 5.70. The molecule has 2 N–H and O–H groups in total. The average Bonchev–Trinajstić information content (AvgIpc) is 3.30. The third-order valence-corrected chi connectivity index (χ3v) is 5.92. The second-order valence-corrected chi connectivity index (χ2v) is 8.53. The number of anilines is 2. The number of fused-ring (bicyclic) bond motifs is 1. The van der Waals surface area contributed by atoms with Crippen molar-refractivity contribution in [3.63, 3.8) is 0 Å². The summed E-state index contributed by atoms with van der Waals surface area (Å²) in [6.45, 7) is 6.66. The maximum absolute atomic E-state index is 13.3. The fourth-order valence-corrected chi connectivity index (χ4v) is 4.55. The van der Waals surface area contributed by atoms with Gasteiger partial charge in [0.25, 0.3) is 0 Å². The molecule has 3 amide bonds. The molecule has 29 heavy (non-hydrogen) atoms. The molecule has 154 valence electrons. The maximum atomic E-state index is 13.3. The van der Waals surface area contributed by atoms with Crippen LogP contribution in [0.25, 0.3) is 0 Å². The lowest BCUT2D eigenvalue weighted by molar-refractivity contribution is -0.131. The summed E-state index contributed by atoms with van der Waals surface area (Å²) in [5.74, 6) is -0.849. The molecule has 1 aromatic rings. The van der Waals surface area contributed by atoms with Gasteiger partial charge in [0.05, 0.1) is 24.5 Å². The first-order chi connectivity index (χ1) is 13.8. The van der Waals surface area contributed by atoms with E-state index in [-0.39, 0.29) is 23.8 Å². The van der Waals surface area contributed by atoms with E-state index in [1.165, 1.54) is 6.92 Å². The lowest BCUT2D eigenvalue weighted by Gasteiger charge is -2.23. The van der Waals surface area contributed by atoms with Crippen LogP contribution in [0.15, 0.2) is 36.4 Å². The predicted octanol–water partition coefficient (Wildman–Crippen LogP) is 2.09. The molecule has 0 aliphatic carbocycles. The van der Waals surface area contributed by atoms with Gasteiger partial charge in [-0.05, 0) is 36.6 Å². The quantitative estimate of drug-likeness (QED) is 0.720. The molecule has 7 nitrogen and oxygen atoms in total. The van der Waals surface area contributed by atoms with Crippen LogP contribution in [0, 0.1) is 17.8 Å². The number of rotatable bonds is 6. The van der Waals surface area contributed by atoms with Gasteiger partial charge in [0, 0.05) is 24.8 Å². The highest BCUT2D eigenvalue weighted by Gasteiger charge is 2.67. The second kappa shape index (κ2) is 7.30. The number of benzene rings is 1. The zero-order chi connectivity index (χ0) is 20.8. The Labute approximate surface area is 170 Å². The fourth-order valence-electron chi connectivity index (χ4n) is 4.55. The fraction of sp³-hybridized carbons (Fsp3) is 0.500. The molecule has 0 aromatic heterocycles. The van der Waals surface area contributed by atoms with E-state index in [0.717, 1.165) is 12.1 Å². The molecule has 3 heterocycles. The highest BCUT2D eigenvalue weighted by molar-refractivity contribution is 6.03. The number of amides is 3. The van der Waals surface area contributed by atoms with Crippen molar-refractivity contribution in [2.75, 3.05) is 23.3 Å². The molecule has 0 unspecified atom stereocenters. The van der Waals surface area contributed by atoms with Crippen molar-refractivity contribution in [3.05, 3.63) is 36.4 Å². The molecule has 4 atom stereocenters. The first-order valence-electron chi connectivity index (χ1n) is 10.1. The third-order valence-electron chi connectivity index (χ3n) is 5.92. The van der Waals surface area contributed by atoms with Gasteiger partial charge in [0.15, 0.2) is 0 Å². The Morgan fingerprint density at radius 3 is 2.66 bits per heavy atom. The number of hydrogen-bond acceptors (Lipinski definition) is 4. The van der Waals surface area contributed by atoms with Crippen LogP contribution in [0.2, 0.25) is 0 Å². The van der Waals surface area contributed by atoms with Crippen LogP contribution in [0.5, 0.6) is 0 Å². The van der Waals surface area contributed by atoms with Crippen molar-refractivity contribution in [1.29, 1.82) is 0 Å². The summed E-state index contributed by atoms with van der Waals surface area (Å²) in [4.78, 5) is 39.0. The van der Waals surface area contributed by atoms with Crippen LogP contribution < -0.4 is 15.5 Å². The third kappa shape index (κ3) is 3.44. The van der Waals surface area contributed by atoms with Crippen molar-refractivity contribution in [3.8, 4) is 0 Å². The van der Waals surface area contributed by atoms with E-state index < -0.39 is 17.4 Å². The molecule has 2 fully saturated rings. The highest BCUT2D eigenvalue weighted by atomic mass is 16.5. The molecule has 7 heteroatoms. The van der Waals surface area contributed by atoms with Crippen LogP contribution in [0.1, 0.15) is 27.2 Å². The van der Waals surface area contributed by atoms with E-state index in [0.29, 0.717) is 24.7 Å². The van der Waals surface area contributed by atoms with Crippen molar-refractivity contribution in [1.82, 2.24) is 5.32 Å². The zero-order valence-electron chi connectivity index (χ0n) is 17.0. The van der Waals surface area contributed by atoms with Gasteiger partial charge in [-0.2, -0.15) is 0 Å². The van der Waals surface area contributed by atoms with E-state index in [9.17, 15) is 14.4 Å². The first-order valence-corrected chi connectivity index (χ1v) is 10.1. The normalized spacial score (nSPS) is 29.4. The largest absolute Gasteiger partial charge is 0.360 e. The molecule has 3 aliphatic rings. The van der Waals surface area contributed by atoms with E-state index in [1.54, 1.807) is 29.2 Å². The Bertz CT molecular complexity index is 863. The topological polar surface area (TPSA) is 87.7 Å². The van der Waals surface area contributed by atoms with Crippen LogP contribution in [0.3, 0.4) is 0 Å². The highest BCUT2D eigenvalue weighted by Crippen LogP contribution is 2.52. The molecule has 1 aromatic carbocycles. The first kappa shape index (κ1) is 19.6.